The number of pyridine rings is 1. The van der Waals surface area contributed by atoms with Crippen LogP contribution in [0.3, 0.4) is 0 Å². The van der Waals surface area contributed by atoms with Crippen LogP contribution in [-0.2, 0) is 0 Å². The van der Waals surface area contributed by atoms with Crippen molar-refractivity contribution in [2.24, 2.45) is 0 Å². The summed E-state index contributed by atoms with van der Waals surface area (Å²) in [5.74, 6) is 1.65. The molecule has 4 heteroatoms. The van der Waals surface area contributed by atoms with E-state index in [0.29, 0.717) is 12.0 Å². The summed E-state index contributed by atoms with van der Waals surface area (Å²) in [6, 6.07) is 4.55. The Balaban J connectivity index is 1.93. The molecule has 0 radical (unpaired) electrons. The van der Waals surface area contributed by atoms with Gasteiger partial charge in [-0.05, 0) is 38.4 Å². The highest BCUT2D eigenvalue weighted by molar-refractivity contribution is 5.70. The van der Waals surface area contributed by atoms with Gasteiger partial charge < -0.3 is 10.3 Å². The van der Waals surface area contributed by atoms with Crippen molar-refractivity contribution in [2.45, 2.75) is 31.7 Å². The molecule has 0 spiro atoms. The Morgan fingerprint density at radius 3 is 3.19 bits per heavy atom. The third kappa shape index (κ3) is 1.69. The van der Waals surface area contributed by atoms with E-state index in [0.717, 1.165) is 36.4 Å². The first-order valence-electron chi connectivity index (χ1n) is 5.87. The number of hydrogen-bond acceptors (Lipinski definition) is 3. The number of piperidine rings is 1. The van der Waals surface area contributed by atoms with Gasteiger partial charge in [0.1, 0.15) is 5.82 Å². The monoisotopic (exact) mass is 216 g/mol. The summed E-state index contributed by atoms with van der Waals surface area (Å²) < 4.78 is 0. The van der Waals surface area contributed by atoms with E-state index in [1.807, 2.05) is 12.1 Å². The molecule has 3 rings (SSSR count). The topological polar surface area (TPSA) is 53.6 Å². The summed E-state index contributed by atoms with van der Waals surface area (Å²) in [6.45, 7) is 3.31. The Hall–Kier alpha value is -1.42. The predicted molar refractivity (Wildman–Crippen MR) is 63.3 cm³/mol. The van der Waals surface area contributed by atoms with Crippen LogP contribution in [0, 0.1) is 0 Å². The van der Waals surface area contributed by atoms with E-state index < -0.39 is 0 Å². The minimum atomic E-state index is 0.547. The summed E-state index contributed by atoms with van der Waals surface area (Å²) >= 11 is 0. The van der Waals surface area contributed by atoms with Crippen LogP contribution < -0.4 is 5.32 Å². The second-order valence-corrected chi connectivity index (χ2v) is 4.57. The number of imidazole rings is 1. The van der Waals surface area contributed by atoms with Gasteiger partial charge in [-0.3, -0.25) is 0 Å². The van der Waals surface area contributed by atoms with Gasteiger partial charge in [-0.15, -0.1) is 0 Å². The van der Waals surface area contributed by atoms with Crippen LogP contribution in [0.2, 0.25) is 0 Å². The molecule has 0 aromatic carbocycles. The number of nitrogens with one attached hydrogen (secondary N) is 2. The molecule has 0 bridgehead atoms. The maximum Gasteiger partial charge on any atom is 0.177 e. The van der Waals surface area contributed by atoms with Crippen molar-refractivity contribution in [1.29, 1.82) is 0 Å². The smallest absolute Gasteiger partial charge is 0.177 e. The van der Waals surface area contributed by atoms with Crippen molar-refractivity contribution < 1.29 is 0 Å². The molecule has 2 N–H and O–H groups in total. The average molecular weight is 216 g/mol. The van der Waals surface area contributed by atoms with Crippen LogP contribution >= 0.6 is 0 Å². The zero-order valence-corrected chi connectivity index (χ0v) is 9.40. The number of aromatic amines is 1. The minimum absolute atomic E-state index is 0.547. The first-order chi connectivity index (χ1) is 7.83. The maximum absolute atomic E-state index is 4.58. The Morgan fingerprint density at radius 2 is 2.38 bits per heavy atom. The van der Waals surface area contributed by atoms with Gasteiger partial charge in [0.25, 0.3) is 0 Å². The van der Waals surface area contributed by atoms with Gasteiger partial charge in [0.15, 0.2) is 5.65 Å². The summed E-state index contributed by atoms with van der Waals surface area (Å²) in [5.41, 5.74) is 1.88. The van der Waals surface area contributed by atoms with Crippen LogP contribution in [0.4, 0.5) is 0 Å². The Labute approximate surface area is 94.5 Å². The van der Waals surface area contributed by atoms with Gasteiger partial charge in [-0.25, -0.2) is 9.97 Å². The zero-order chi connectivity index (χ0) is 11.0. The normalized spacial score (nSPS) is 26.1. The number of hydrogen-bond donors (Lipinski definition) is 2. The first-order valence-corrected chi connectivity index (χ1v) is 5.87. The van der Waals surface area contributed by atoms with Gasteiger partial charge in [-0.1, -0.05) is 0 Å². The molecule has 4 nitrogen and oxygen atoms in total. The summed E-state index contributed by atoms with van der Waals surface area (Å²) in [5, 5.41) is 3.46. The largest absolute Gasteiger partial charge is 0.340 e. The van der Waals surface area contributed by atoms with Gasteiger partial charge >= 0.3 is 0 Å². The fourth-order valence-corrected chi connectivity index (χ4v) is 2.44. The fraction of sp³-hybridized carbons (Fsp3) is 0.500. The van der Waals surface area contributed by atoms with E-state index in [9.17, 15) is 0 Å². The molecule has 0 saturated carbocycles. The maximum atomic E-state index is 4.58. The molecule has 1 aliphatic heterocycles. The van der Waals surface area contributed by atoms with Gasteiger partial charge in [-0.2, -0.15) is 0 Å². The highest BCUT2D eigenvalue weighted by Gasteiger charge is 2.22. The Bertz CT molecular complexity index is 457. The molecule has 2 atom stereocenters. The number of H-pyrrole nitrogens is 1. The number of nitrogens with zero attached hydrogens (tertiary/aromatic N) is 2. The molecule has 0 amide bonds. The van der Waals surface area contributed by atoms with Crippen molar-refractivity contribution in [3.63, 3.8) is 0 Å². The van der Waals surface area contributed by atoms with E-state index in [2.05, 4.69) is 27.2 Å². The molecule has 2 aromatic rings. The minimum Gasteiger partial charge on any atom is -0.340 e. The Morgan fingerprint density at radius 1 is 1.44 bits per heavy atom. The van der Waals surface area contributed by atoms with Crippen molar-refractivity contribution in [2.75, 3.05) is 6.54 Å². The molecule has 1 saturated heterocycles. The molecule has 84 valence electrons. The molecular weight excluding hydrogens is 200 g/mol. The lowest BCUT2D eigenvalue weighted by Crippen LogP contribution is -2.35. The molecule has 1 aliphatic rings. The van der Waals surface area contributed by atoms with Crippen molar-refractivity contribution in [3.05, 3.63) is 24.2 Å². The van der Waals surface area contributed by atoms with Crippen molar-refractivity contribution >= 4 is 11.2 Å². The van der Waals surface area contributed by atoms with Gasteiger partial charge in [0.2, 0.25) is 0 Å². The summed E-state index contributed by atoms with van der Waals surface area (Å²) in [4.78, 5) is 12.2. The molecule has 1 fully saturated rings. The van der Waals surface area contributed by atoms with Crippen LogP contribution in [0.5, 0.6) is 0 Å². The predicted octanol–water partition coefficient (Wildman–Crippen LogP) is 1.81. The van der Waals surface area contributed by atoms with Crippen molar-refractivity contribution in [1.82, 2.24) is 20.3 Å². The van der Waals surface area contributed by atoms with E-state index in [1.165, 1.54) is 0 Å². The quantitative estimate of drug-likeness (QED) is 0.764. The highest BCUT2D eigenvalue weighted by atomic mass is 15.0. The molecule has 3 heterocycles. The number of rotatable bonds is 1. The van der Waals surface area contributed by atoms with Crippen LogP contribution in [0.15, 0.2) is 18.3 Å². The van der Waals surface area contributed by atoms with Gasteiger partial charge in [0.05, 0.1) is 5.52 Å². The lowest BCUT2D eigenvalue weighted by atomic mass is 9.93. The standard InChI is InChI=1S/C12H16N4/c1-8-7-9(4-6-13-8)11-15-10-3-2-5-14-12(10)16-11/h2-3,5,8-9,13H,4,6-7H2,1H3,(H,14,15,16). The average Bonchev–Trinajstić information content (AvgIpc) is 2.72. The number of aromatic nitrogens is 3. The third-order valence-electron chi connectivity index (χ3n) is 3.29. The first kappa shape index (κ1) is 9.78. The van der Waals surface area contributed by atoms with Gasteiger partial charge in [0, 0.05) is 18.2 Å². The van der Waals surface area contributed by atoms with Crippen LogP contribution in [-0.4, -0.2) is 27.5 Å². The van der Waals surface area contributed by atoms with E-state index in [-0.39, 0.29) is 0 Å². The van der Waals surface area contributed by atoms with Crippen LogP contribution in [0.1, 0.15) is 31.5 Å². The molecule has 16 heavy (non-hydrogen) atoms. The lowest BCUT2D eigenvalue weighted by molar-refractivity contribution is 0.373. The summed E-state index contributed by atoms with van der Waals surface area (Å²) in [7, 11) is 0. The molecular formula is C12H16N4. The molecule has 2 aromatic heterocycles. The van der Waals surface area contributed by atoms with Crippen LogP contribution in [0.25, 0.3) is 11.2 Å². The van der Waals surface area contributed by atoms with E-state index in [1.54, 1.807) is 6.20 Å². The second-order valence-electron chi connectivity index (χ2n) is 4.57. The SMILES string of the molecule is CC1CC(c2nc3ncccc3[nH]2)CCN1. The highest BCUT2D eigenvalue weighted by Crippen LogP contribution is 2.26. The Kier molecular flexibility index (Phi) is 2.36. The van der Waals surface area contributed by atoms with Crippen molar-refractivity contribution in [3.8, 4) is 0 Å². The molecule has 2 unspecified atom stereocenters. The second kappa shape index (κ2) is 3.87. The fourth-order valence-electron chi connectivity index (χ4n) is 2.44. The third-order valence-corrected chi connectivity index (χ3v) is 3.29. The van der Waals surface area contributed by atoms with E-state index >= 15 is 0 Å². The summed E-state index contributed by atoms with van der Waals surface area (Å²) in [6.07, 6.45) is 4.10. The lowest BCUT2D eigenvalue weighted by Gasteiger charge is -2.26. The molecule has 0 aliphatic carbocycles. The van der Waals surface area contributed by atoms with E-state index in [4.69, 9.17) is 0 Å². The number of fused-ring (bicyclic) bond motifs is 1. The zero-order valence-electron chi connectivity index (χ0n) is 9.40.